The molecule has 3 rings (SSSR count). The highest BCUT2D eigenvalue weighted by atomic mass is 35.5. The molecular formula is C26H31ClN2O2. The highest BCUT2D eigenvalue weighted by Crippen LogP contribution is 2.24. The molecule has 0 spiro atoms. The van der Waals surface area contributed by atoms with Gasteiger partial charge < -0.3 is 14.2 Å². The first-order valence-corrected chi connectivity index (χ1v) is 11.2. The Labute approximate surface area is 190 Å². The fourth-order valence-electron chi connectivity index (χ4n) is 3.88. The van der Waals surface area contributed by atoms with E-state index in [0.717, 1.165) is 34.7 Å². The predicted molar refractivity (Wildman–Crippen MR) is 126 cm³/mol. The molecule has 1 amide bonds. The molecule has 1 atom stereocenters. The second-order valence-electron chi connectivity index (χ2n) is 7.70. The van der Waals surface area contributed by atoms with E-state index in [1.54, 1.807) is 7.11 Å². The van der Waals surface area contributed by atoms with Crippen molar-refractivity contribution >= 4 is 17.5 Å². The number of carbonyl (C=O) groups excluding carboxylic acids is 1. The van der Waals surface area contributed by atoms with Crippen molar-refractivity contribution in [3.8, 4) is 0 Å². The van der Waals surface area contributed by atoms with Crippen molar-refractivity contribution in [1.29, 1.82) is 0 Å². The van der Waals surface area contributed by atoms with Crippen molar-refractivity contribution in [2.45, 2.75) is 38.8 Å². The zero-order valence-electron chi connectivity index (χ0n) is 18.3. The minimum atomic E-state index is -0.143. The van der Waals surface area contributed by atoms with Gasteiger partial charge in [0.05, 0.1) is 12.5 Å². The largest absolute Gasteiger partial charge is 0.385 e. The van der Waals surface area contributed by atoms with Crippen LogP contribution in [0.15, 0.2) is 72.9 Å². The van der Waals surface area contributed by atoms with E-state index < -0.39 is 0 Å². The Morgan fingerprint density at radius 3 is 2.52 bits per heavy atom. The van der Waals surface area contributed by atoms with Gasteiger partial charge in [0.2, 0.25) is 5.91 Å². The average molecular weight is 439 g/mol. The lowest BCUT2D eigenvalue weighted by Gasteiger charge is -2.28. The topological polar surface area (TPSA) is 34.5 Å². The molecule has 0 saturated carbocycles. The van der Waals surface area contributed by atoms with Crippen molar-refractivity contribution in [3.05, 3.63) is 94.8 Å². The number of carbonyl (C=O) groups is 1. The Balaban J connectivity index is 1.81. The third kappa shape index (κ3) is 6.22. The van der Waals surface area contributed by atoms with E-state index in [9.17, 15) is 4.79 Å². The molecule has 0 aliphatic rings. The lowest BCUT2D eigenvalue weighted by atomic mass is 9.95. The van der Waals surface area contributed by atoms with Crippen LogP contribution in [-0.4, -0.2) is 35.6 Å². The summed E-state index contributed by atoms with van der Waals surface area (Å²) in [7, 11) is 1.69. The average Bonchev–Trinajstić information content (AvgIpc) is 3.22. The van der Waals surface area contributed by atoms with Crippen molar-refractivity contribution < 1.29 is 9.53 Å². The van der Waals surface area contributed by atoms with Gasteiger partial charge in [-0.05, 0) is 42.2 Å². The Bertz CT molecular complexity index is 955. The van der Waals surface area contributed by atoms with Crippen LogP contribution in [0.4, 0.5) is 0 Å². The summed E-state index contributed by atoms with van der Waals surface area (Å²) < 4.78 is 7.40. The number of hydrogen-bond acceptors (Lipinski definition) is 2. The van der Waals surface area contributed by atoms with Gasteiger partial charge in [-0.25, -0.2) is 0 Å². The number of nitrogens with zero attached hydrogens (tertiary/aromatic N) is 2. The van der Waals surface area contributed by atoms with Crippen LogP contribution >= 0.6 is 11.6 Å². The number of hydrogen-bond donors (Lipinski definition) is 0. The van der Waals surface area contributed by atoms with Crippen LogP contribution in [0, 0.1) is 0 Å². The van der Waals surface area contributed by atoms with Gasteiger partial charge in [0, 0.05) is 43.7 Å². The first-order valence-electron chi connectivity index (χ1n) is 10.8. The summed E-state index contributed by atoms with van der Waals surface area (Å²) in [6, 6.07) is 22.0. The molecule has 1 unspecified atom stereocenters. The smallest absolute Gasteiger partial charge is 0.230 e. The van der Waals surface area contributed by atoms with E-state index in [-0.39, 0.29) is 11.8 Å². The monoisotopic (exact) mass is 438 g/mol. The lowest BCUT2D eigenvalue weighted by Crippen LogP contribution is -2.36. The van der Waals surface area contributed by atoms with Crippen LogP contribution in [0.25, 0.3) is 0 Å². The predicted octanol–water partition coefficient (Wildman–Crippen LogP) is 5.75. The molecule has 3 aromatic rings. The molecule has 0 radical (unpaired) electrons. The number of halogens is 1. The molecule has 0 aliphatic carbocycles. The molecule has 31 heavy (non-hydrogen) atoms. The minimum Gasteiger partial charge on any atom is -0.385 e. The Morgan fingerprint density at radius 1 is 1.06 bits per heavy atom. The quantitative estimate of drug-likeness (QED) is 0.357. The highest BCUT2D eigenvalue weighted by molar-refractivity contribution is 6.31. The van der Waals surface area contributed by atoms with Crippen LogP contribution in [0.2, 0.25) is 5.02 Å². The van der Waals surface area contributed by atoms with Crippen molar-refractivity contribution in [2.24, 2.45) is 0 Å². The summed E-state index contributed by atoms with van der Waals surface area (Å²) in [5.41, 5.74) is 3.22. The Hall–Kier alpha value is -2.56. The van der Waals surface area contributed by atoms with Crippen molar-refractivity contribution in [1.82, 2.24) is 9.47 Å². The summed E-state index contributed by atoms with van der Waals surface area (Å²) in [5.74, 6) is 0.0195. The zero-order chi connectivity index (χ0) is 22.1. The van der Waals surface area contributed by atoms with E-state index in [2.05, 4.69) is 17.6 Å². The minimum absolute atomic E-state index is 0.143. The Morgan fingerprint density at radius 2 is 1.81 bits per heavy atom. The second kappa shape index (κ2) is 11.7. The molecule has 0 N–H and O–H groups in total. The summed E-state index contributed by atoms with van der Waals surface area (Å²) in [6.45, 7) is 4.60. The maximum absolute atomic E-state index is 13.6. The van der Waals surface area contributed by atoms with Crippen LogP contribution in [0.1, 0.15) is 42.5 Å². The van der Waals surface area contributed by atoms with Gasteiger partial charge in [-0.3, -0.25) is 4.79 Å². The van der Waals surface area contributed by atoms with Gasteiger partial charge in [0.25, 0.3) is 0 Å². The summed E-state index contributed by atoms with van der Waals surface area (Å²) in [6.07, 6.45) is 3.62. The van der Waals surface area contributed by atoms with Gasteiger partial charge in [-0.2, -0.15) is 0 Å². The third-order valence-electron chi connectivity index (χ3n) is 5.57. The molecule has 1 heterocycles. The molecule has 0 bridgehead atoms. The first kappa shape index (κ1) is 23.1. The van der Waals surface area contributed by atoms with Gasteiger partial charge in [-0.15, -0.1) is 0 Å². The first-order chi connectivity index (χ1) is 15.1. The number of benzene rings is 2. The molecule has 0 saturated heterocycles. The molecule has 164 valence electrons. The number of methoxy groups -OCH3 is 1. The van der Waals surface area contributed by atoms with Gasteiger partial charge >= 0.3 is 0 Å². The van der Waals surface area contributed by atoms with E-state index in [1.165, 1.54) is 0 Å². The molecule has 0 aliphatic heterocycles. The van der Waals surface area contributed by atoms with Crippen molar-refractivity contribution in [2.75, 3.05) is 20.3 Å². The number of rotatable bonds is 11. The van der Waals surface area contributed by atoms with Crippen LogP contribution < -0.4 is 0 Å². The van der Waals surface area contributed by atoms with E-state index in [4.69, 9.17) is 16.3 Å². The number of aromatic nitrogens is 1. The molecule has 1 aromatic heterocycles. The fourth-order valence-corrected chi connectivity index (χ4v) is 4.07. The normalized spacial score (nSPS) is 12.0. The van der Waals surface area contributed by atoms with E-state index in [0.29, 0.717) is 26.2 Å². The fraction of sp³-hybridized carbons (Fsp3) is 0.346. The summed E-state index contributed by atoms with van der Waals surface area (Å²) >= 11 is 6.37. The van der Waals surface area contributed by atoms with Gasteiger partial charge in [-0.1, -0.05) is 67.1 Å². The molecular weight excluding hydrogens is 408 g/mol. The van der Waals surface area contributed by atoms with Crippen LogP contribution in [0.3, 0.4) is 0 Å². The molecule has 5 heteroatoms. The lowest BCUT2D eigenvalue weighted by molar-refractivity contribution is -0.133. The van der Waals surface area contributed by atoms with Gasteiger partial charge in [0.15, 0.2) is 0 Å². The molecule has 4 nitrogen and oxygen atoms in total. The molecule has 0 fully saturated rings. The van der Waals surface area contributed by atoms with E-state index >= 15 is 0 Å². The maximum atomic E-state index is 13.6. The highest BCUT2D eigenvalue weighted by Gasteiger charge is 2.25. The third-order valence-corrected chi connectivity index (χ3v) is 5.94. The molecule has 2 aromatic carbocycles. The van der Waals surface area contributed by atoms with Gasteiger partial charge in [0.1, 0.15) is 0 Å². The Kier molecular flexibility index (Phi) is 8.74. The summed E-state index contributed by atoms with van der Waals surface area (Å²) in [4.78, 5) is 15.5. The van der Waals surface area contributed by atoms with E-state index in [1.807, 2.05) is 71.8 Å². The van der Waals surface area contributed by atoms with Crippen molar-refractivity contribution in [3.63, 3.8) is 0 Å². The standard InChI is InChI=1S/C26H31ClN2O2/c1-3-24(21-11-5-4-6-12-21)26(30)29(17-10-18-31-2)20-23-14-9-16-28(23)19-22-13-7-8-15-25(22)27/h4-9,11-16,24H,3,10,17-20H2,1-2H3. The SMILES string of the molecule is CCC(C(=O)N(CCCOC)Cc1cccn1Cc1ccccc1Cl)c1ccccc1. The maximum Gasteiger partial charge on any atom is 0.230 e. The van der Waals surface area contributed by atoms with Crippen LogP contribution in [-0.2, 0) is 22.6 Å². The summed E-state index contributed by atoms with van der Waals surface area (Å²) in [5, 5.41) is 0.755. The number of amides is 1. The van der Waals surface area contributed by atoms with Crippen LogP contribution in [0.5, 0.6) is 0 Å². The number of ether oxygens (including phenoxy) is 1. The zero-order valence-corrected chi connectivity index (χ0v) is 19.1. The second-order valence-corrected chi connectivity index (χ2v) is 8.10.